The van der Waals surface area contributed by atoms with Gasteiger partial charge < -0.3 is 15.0 Å². The number of nitrogens with one attached hydrogen (secondary N) is 1. The Kier molecular flexibility index (Phi) is 4.12. The summed E-state index contributed by atoms with van der Waals surface area (Å²) in [5.41, 5.74) is 1.19. The van der Waals surface area contributed by atoms with E-state index in [0.717, 1.165) is 5.69 Å². The fourth-order valence-electron chi connectivity index (χ4n) is 2.57. The Morgan fingerprint density at radius 2 is 2.27 bits per heavy atom. The van der Waals surface area contributed by atoms with Crippen LogP contribution in [0.4, 0.5) is 0 Å². The highest BCUT2D eigenvalue weighted by molar-refractivity contribution is 5.92. The van der Waals surface area contributed by atoms with Crippen molar-refractivity contribution in [3.63, 3.8) is 0 Å². The Hall–Kier alpha value is -2.32. The number of aryl methyl sites for hydroxylation is 1. The maximum Gasteiger partial charge on any atom is 0.271 e. The highest BCUT2D eigenvalue weighted by Gasteiger charge is 2.33. The molecule has 2 aromatic rings. The number of hydrogen-bond donors (Lipinski definition) is 2. The lowest BCUT2D eigenvalue weighted by Crippen LogP contribution is -2.43. The van der Waals surface area contributed by atoms with Crippen LogP contribution in [0.1, 0.15) is 16.2 Å². The lowest BCUT2D eigenvalue weighted by Gasteiger charge is -2.15. The summed E-state index contributed by atoms with van der Waals surface area (Å²) in [6, 6.07) is -0.321. The van der Waals surface area contributed by atoms with E-state index in [1.165, 1.54) is 18.6 Å². The molecule has 0 bridgehead atoms. The average Bonchev–Trinajstić information content (AvgIpc) is 3.06. The van der Waals surface area contributed by atoms with Crippen LogP contribution in [-0.2, 0) is 13.6 Å². The molecule has 0 saturated carbocycles. The standard InChI is InChI=1S/C14H18N6O2/c1-19-5-10(17-9-19)6-20-7-12(13(21)8-20)18-14(22)11-4-15-2-3-16-11/h2-5,9,12-13,21H,6-8H2,1H3,(H,18,22)/t12-,13-/m1/s1. The fourth-order valence-corrected chi connectivity index (χ4v) is 2.57. The van der Waals surface area contributed by atoms with Crippen molar-refractivity contribution < 1.29 is 9.90 Å². The molecule has 0 unspecified atom stereocenters. The number of aliphatic hydroxyl groups excluding tert-OH is 1. The van der Waals surface area contributed by atoms with E-state index in [2.05, 4.69) is 25.2 Å². The minimum Gasteiger partial charge on any atom is -0.390 e. The molecule has 1 aliphatic rings. The number of likely N-dealkylation sites (tertiary alicyclic amines) is 1. The van der Waals surface area contributed by atoms with E-state index in [4.69, 9.17) is 0 Å². The lowest BCUT2D eigenvalue weighted by molar-refractivity contribution is 0.0883. The van der Waals surface area contributed by atoms with Gasteiger partial charge in [-0.25, -0.2) is 9.97 Å². The molecule has 1 fully saturated rings. The molecule has 2 aromatic heterocycles. The fraction of sp³-hybridized carbons (Fsp3) is 0.429. The largest absolute Gasteiger partial charge is 0.390 e. The van der Waals surface area contributed by atoms with E-state index in [-0.39, 0.29) is 17.6 Å². The first-order chi connectivity index (χ1) is 10.6. The monoisotopic (exact) mass is 302 g/mol. The van der Waals surface area contributed by atoms with Gasteiger partial charge in [0.15, 0.2) is 0 Å². The molecule has 8 heteroatoms. The molecule has 0 spiro atoms. The third-order valence-corrected chi connectivity index (χ3v) is 3.62. The molecule has 3 rings (SSSR count). The Balaban J connectivity index is 1.58. The SMILES string of the molecule is Cn1cnc(CN2C[C@@H](O)[C@H](NC(=O)c3cnccn3)C2)c1. The third-order valence-electron chi connectivity index (χ3n) is 3.62. The molecule has 1 amide bonds. The number of amides is 1. The first-order valence-corrected chi connectivity index (χ1v) is 7.06. The molecule has 0 aromatic carbocycles. The van der Waals surface area contributed by atoms with Gasteiger partial charge in [-0.1, -0.05) is 0 Å². The van der Waals surface area contributed by atoms with Crippen molar-refractivity contribution in [1.82, 2.24) is 29.7 Å². The molecule has 22 heavy (non-hydrogen) atoms. The summed E-state index contributed by atoms with van der Waals surface area (Å²) < 4.78 is 1.88. The molecule has 2 N–H and O–H groups in total. The van der Waals surface area contributed by atoms with Gasteiger partial charge in [0.25, 0.3) is 5.91 Å². The van der Waals surface area contributed by atoms with Crippen LogP contribution in [0.3, 0.4) is 0 Å². The van der Waals surface area contributed by atoms with E-state index in [1.807, 2.05) is 17.8 Å². The molecule has 1 aliphatic heterocycles. The molecule has 2 atom stereocenters. The molecular formula is C14H18N6O2. The zero-order valence-corrected chi connectivity index (χ0v) is 12.3. The number of β-amino-alcohol motifs (C(OH)–C–C–N with tert-alkyl or cyclic N) is 1. The first-order valence-electron chi connectivity index (χ1n) is 7.06. The molecule has 0 radical (unpaired) electrons. The van der Waals surface area contributed by atoms with Gasteiger partial charge in [-0.15, -0.1) is 0 Å². The predicted molar refractivity (Wildman–Crippen MR) is 77.8 cm³/mol. The van der Waals surface area contributed by atoms with Crippen LogP contribution in [0.15, 0.2) is 31.1 Å². The molecule has 1 saturated heterocycles. The van der Waals surface area contributed by atoms with Crippen molar-refractivity contribution in [2.45, 2.75) is 18.7 Å². The molecule has 3 heterocycles. The topological polar surface area (TPSA) is 96.2 Å². The second-order valence-electron chi connectivity index (χ2n) is 5.46. The molecule has 0 aliphatic carbocycles. The van der Waals surface area contributed by atoms with Gasteiger partial charge in [-0.05, 0) is 0 Å². The van der Waals surface area contributed by atoms with Crippen LogP contribution in [0.25, 0.3) is 0 Å². The number of hydrogen-bond acceptors (Lipinski definition) is 6. The van der Waals surface area contributed by atoms with Crippen molar-refractivity contribution in [2.24, 2.45) is 7.05 Å². The summed E-state index contributed by atoms with van der Waals surface area (Å²) in [6.45, 7) is 1.72. The maximum absolute atomic E-state index is 12.1. The summed E-state index contributed by atoms with van der Waals surface area (Å²) in [5, 5.41) is 12.9. The normalized spacial score (nSPS) is 21.9. The zero-order valence-electron chi connectivity index (χ0n) is 12.3. The van der Waals surface area contributed by atoms with Gasteiger partial charge in [-0.3, -0.25) is 14.7 Å². The van der Waals surface area contributed by atoms with Crippen molar-refractivity contribution in [1.29, 1.82) is 0 Å². The van der Waals surface area contributed by atoms with Crippen LogP contribution >= 0.6 is 0 Å². The molecule has 8 nitrogen and oxygen atoms in total. The van der Waals surface area contributed by atoms with E-state index in [1.54, 1.807) is 6.33 Å². The van der Waals surface area contributed by atoms with E-state index in [0.29, 0.717) is 19.6 Å². The number of carbonyl (C=O) groups is 1. The first kappa shape index (κ1) is 14.6. The summed E-state index contributed by atoms with van der Waals surface area (Å²) >= 11 is 0. The van der Waals surface area contributed by atoms with E-state index >= 15 is 0 Å². The Morgan fingerprint density at radius 3 is 2.95 bits per heavy atom. The summed E-state index contributed by atoms with van der Waals surface area (Å²) in [4.78, 5) is 26.2. The number of rotatable bonds is 4. The summed E-state index contributed by atoms with van der Waals surface area (Å²) in [7, 11) is 1.92. The second-order valence-corrected chi connectivity index (χ2v) is 5.46. The maximum atomic E-state index is 12.1. The van der Waals surface area contributed by atoms with Crippen molar-refractivity contribution in [3.8, 4) is 0 Å². The third kappa shape index (κ3) is 3.29. The summed E-state index contributed by atoms with van der Waals surface area (Å²) in [5.74, 6) is -0.322. The van der Waals surface area contributed by atoms with Gasteiger partial charge in [0.2, 0.25) is 0 Å². The van der Waals surface area contributed by atoms with Gasteiger partial charge in [0, 0.05) is 45.3 Å². The van der Waals surface area contributed by atoms with E-state index < -0.39 is 6.10 Å². The van der Waals surface area contributed by atoms with Crippen LogP contribution in [0.5, 0.6) is 0 Å². The molecular weight excluding hydrogens is 284 g/mol. The van der Waals surface area contributed by atoms with Crippen LogP contribution in [-0.4, -0.2) is 60.7 Å². The second kappa shape index (κ2) is 6.20. The minimum atomic E-state index is -0.607. The van der Waals surface area contributed by atoms with Crippen molar-refractivity contribution >= 4 is 5.91 Å². The zero-order chi connectivity index (χ0) is 15.5. The highest BCUT2D eigenvalue weighted by Crippen LogP contribution is 2.13. The summed E-state index contributed by atoms with van der Waals surface area (Å²) in [6.07, 6.45) is 7.46. The Morgan fingerprint density at radius 1 is 1.41 bits per heavy atom. The van der Waals surface area contributed by atoms with Crippen molar-refractivity contribution in [2.75, 3.05) is 13.1 Å². The minimum absolute atomic E-state index is 0.248. The van der Waals surface area contributed by atoms with Crippen molar-refractivity contribution in [3.05, 3.63) is 42.5 Å². The number of aliphatic hydroxyl groups is 1. The number of nitrogens with zero attached hydrogens (tertiary/aromatic N) is 5. The Labute approximate surface area is 127 Å². The van der Waals surface area contributed by atoms with Crippen LogP contribution in [0.2, 0.25) is 0 Å². The quantitative estimate of drug-likeness (QED) is 0.766. The Bertz CT molecular complexity index is 644. The van der Waals surface area contributed by atoms with Crippen LogP contribution in [0, 0.1) is 0 Å². The van der Waals surface area contributed by atoms with Gasteiger partial charge >= 0.3 is 0 Å². The average molecular weight is 302 g/mol. The van der Waals surface area contributed by atoms with Gasteiger partial charge in [0.05, 0.1) is 30.4 Å². The molecule has 116 valence electrons. The number of imidazole rings is 1. The highest BCUT2D eigenvalue weighted by atomic mass is 16.3. The lowest BCUT2D eigenvalue weighted by atomic mass is 10.2. The van der Waals surface area contributed by atoms with Gasteiger partial charge in [-0.2, -0.15) is 0 Å². The number of carbonyl (C=O) groups excluding carboxylic acids is 1. The van der Waals surface area contributed by atoms with E-state index in [9.17, 15) is 9.90 Å². The number of aromatic nitrogens is 4. The van der Waals surface area contributed by atoms with Gasteiger partial charge in [0.1, 0.15) is 5.69 Å². The van der Waals surface area contributed by atoms with Crippen LogP contribution < -0.4 is 5.32 Å². The smallest absolute Gasteiger partial charge is 0.271 e. The predicted octanol–water partition coefficient (Wildman–Crippen LogP) is -0.815.